The predicted molar refractivity (Wildman–Crippen MR) is 42.5 cm³/mol. The summed E-state index contributed by atoms with van der Waals surface area (Å²) in [6, 6.07) is 0. The highest BCUT2D eigenvalue weighted by Crippen LogP contribution is 1.92. The number of hydrogen-bond donors (Lipinski definition) is 1. The molecule has 66 valence electrons. The molecule has 4 nitrogen and oxygen atoms in total. The molecule has 12 heavy (non-hydrogen) atoms. The minimum absolute atomic E-state index is 0.162. The van der Waals surface area contributed by atoms with Crippen LogP contribution in [0.2, 0.25) is 0 Å². The number of ether oxygens (including phenoxy) is 1. The summed E-state index contributed by atoms with van der Waals surface area (Å²) in [6.07, 6.45) is 3.79. The molecule has 0 aromatic heterocycles. The van der Waals surface area contributed by atoms with Crippen LogP contribution in [-0.4, -0.2) is 24.2 Å². The molecule has 0 radical (unpaired) electrons. The maximum atomic E-state index is 10.5. The third-order valence-corrected chi connectivity index (χ3v) is 1.12. The van der Waals surface area contributed by atoms with Gasteiger partial charge in [-0.1, -0.05) is 12.2 Å². The summed E-state index contributed by atoms with van der Waals surface area (Å²) in [5, 5.41) is 8.39. The van der Waals surface area contributed by atoms with E-state index >= 15 is 0 Å². The minimum atomic E-state index is -1.01. The fraction of sp³-hybridized carbons (Fsp3) is 0.250. The van der Waals surface area contributed by atoms with E-state index in [-0.39, 0.29) is 5.57 Å². The molecule has 0 aliphatic rings. The number of hydrogen-bond acceptors (Lipinski definition) is 3. The fourth-order valence-electron chi connectivity index (χ4n) is 0.410. The number of carboxylic acid groups (broad SMARTS) is 1. The molecule has 0 fully saturated rings. The largest absolute Gasteiger partial charge is 0.478 e. The van der Waals surface area contributed by atoms with E-state index < -0.39 is 11.9 Å². The van der Waals surface area contributed by atoms with Gasteiger partial charge in [0.1, 0.15) is 0 Å². The number of rotatable bonds is 3. The van der Waals surface area contributed by atoms with Crippen LogP contribution in [0.1, 0.15) is 6.92 Å². The standard InChI is InChI=1S/C8H10O4/c1-6(8(10)11)4-3-5-7(9)12-2/h3-5H,1-2H3,(H,10,11)/b5-3+,6-4+. The van der Waals surface area contributed by atoms with Gasteiger partial charge in [-0.05, 0) is 6.92 Å². The molecule has 0 rings (SSSR count). The van der Waals surface area contributed by atoms with Gasteiger partial charge in [-0.25, -0.2) is 9.59 Å². The first-order valence-electron chi connectivity index (χ1n) is 3.24. The number of carbonyl (C=O) groups excluding carboxylic acids is 1. The van der Waals surface area contributed by atoms with E-state index in [1.165, 1.54) is 26.2 Å². The molecular formula is C8H10O4. The van der Waals surface area contributed by atoms with Crippen LogP contribution in [0.15, 0.2) is 23.8 Å². The summed E-state index contributed by atoms with van der Waals surface area (Å²) in [6.45, 7) is 1.43. The van der Waals surface area contributed by atoms with E-state index in [4.69, 9.17) is 5.11 Å². The summed E-state index contributed by atoms with van der Waals surface area (Å²) in [7, 11) is 1.25. The molecule has 0 aromatic carbocycles. The van der Waals surface area contributed by atoms with Crippen molar-refractivity contribution >= 4 is 11.9 Å². The van der Waals surface area contributed by atoms with Gasteiger partial charge in [-0.2, -0.15) is 0 Å². The molecule has 0 saturated heterocycles. The van der Waals surface area contributed by atoms with Crippen molar-refractivity contribution in [3.63, 3.8) is 0 Å². The summed E-state index contributed by atoms with van der Waals surface area (Å²) in [5.41, 5.74) is 0.162. The van der Waals surface area contributed by atoms with Crippen LogP contribution in [0, 0.1) is 0 Å². The zero-order chi connectivity index (χ0) is 9.56. The van der Waals surface area contributed by atoms with E-state index in [0.29, 0.717) is 0 Å². The third-order valence-electron chi connectivity index (χ3n) is 1.12. The Kier molecular flexibility index (Phi) is 4.45. The Morgan fingerprint density at radius 1 is 1.42 bits per heavy atom. The minimum Gasteiger partial charge on any atom is -0.478 e. The molecule has 1 N–H and O–H groups in total. The molecule has 0 unspecified atom stereocenters. The maximum Gasteiger partial charge on any atom is 0.331 e. The fourth-order valence-corrected chi connectivity index (χ4v) is 0.410. The Hall–Kier alpha value is -1.58. The average molecular weight is 170 g/mol. The lowest BCUT2D eigenvalue weighted by molar-refractivity contribution is -0.135. The van der Waals surface area contributed by atoms with Crippen LogP contribution in [0.3, 0.4) is 0 Å². The van der Waals surface area contributed by atoms with Crippen molar-refractivity contribution in [1.29, 1.82) is 0 Å². The van der Waals surface area contributed by atoms with E-state index in [2.05, 4.69) is 4.74 Å². The molecule has 0 bridgehead atoms. The second kappa shape index (κ2) is 5.12. The number of methoxy groups -OCH3 is 1. The van der Waals surface area contributed by atoms with Gasteiger partial charge in [-0.15, -0.1) is 0 Å². The van der Waals surface area contributed by atoms with Crippen molar-refractivity contribution in [3.05, 3.63) is 23.8 Å². The van der Waals surface area contributed by atoms with Gasteiger partial charge in [0, 0.05) is 11.6 Å². The normalized spacial score (nSPS) is 11.7. The molecular weight excluding hydrogens is 160 g/mol. The Bertz CT molecular complexity index is 237. The van der Waals surface area contributed by atoms with Gasteiger partial charge >= 0.3 is 11.9 Å². The van der Waals surface area contributed by atoms with Crippen LogP contribution in [0.5, 0.6) is 0 Å². The van der Waals surface area contributed by atoms with Crippen molar-refractivity contribution in [3.8, 4) is 0 Å². The van der Waals surface area contributed by atoms with Crippen molar-refractivity contribution in [1.82, 2.24) is 0 Å². The Morgan fingerprint density at radius 3 is 2.42 bits per heavy atom. The number of aliphatic carboxylic acids is 1. The molecule has 0 amide bonds. The average Bonchev–Trinajstić information content (AvgIpc) is 2.03. The van der Waals surface area contributed by atoms with Crippen molar-refractivity contribution in [2.24, 2.45) is 0 Å². The number of esters is 1. The van der Waals surface area contributed by atoms with Crippen molar-refractivity contribution < 1.29 is 19.4 Å². The van der Waals surface area contributed by atoms with Gasteiger partial charge in [0.15, 0.2) is 0 Å². The predicted octanol–water partition coefficient (Wildman–Crippen LogP) is 0.746. The van der Waals surface area contributed by atoms with Crippen LogP contribution in [0.4, 0.5) is 0 Å². The van der Waals surface area contributed by atoms with Crippen LogP contribution >= 0.6 is 0 Å². The second-order valence-electron chi connectivity index (χ2n) is 2.04. The first kappa shape index (κ1) is 10.4. The lowest BCUT2D eigenvalue weighted by Gasteiger charge is -1.88. The Morgan fingerprint density at radius 2 is 2.00 bits per heavy atom. The highest BCUT2D eigenvalue weighted by Gasteiger charge is 1.96. The van der Waals surface area contributed by atoms with Gasteiger partial charge in [0.2, 0.25) is 0 Å². The van der Waals surface area contributed by atoms with Crippen LogP contribution < -0.4 is 0 Å². The summed E-state index contributed by atoms with van der Waals surface area (Å²) in [5.74, 6) is -1.52. The van der Waals surface area contributed by atoms with E-state index in [9.17, 15) is 9.59 Å². The summed E-state index contributed by atoms with van der Waals surface area (Å²) in [4.78, 5) is 20.7. The van der Waals surface area contributed by atoms with Crippen molar-refractivity contribution in [2.75, 3.05) is 7.11 Å². The molecule has 0 spiro atoms. The quantitative estimate of drug-likeness (QED) is 0.385. The van der Waals surface area contributed by atoms with Gasteiger partial charge in [-0.3, -0.25) is 0 Å². The smallest absolute Gasteiger partial charge is 0.331 e. The highest BCUT2D eigenvalue weighted by atomic mass is 16.5. The number of allylic oxidation sites excluding steroid dienone is 2. The highest BCUT2D eigenvalue weighted by molar-refractivity contribution is 5.87. The lowest BCUT2D eigenvalue weighted by atomic mass is 10.3. The Labute approximate surface area is 70.1 Å². The summed E-state index contributed by atoms with van der Waals surface area (Å²) < 4.78 is 4.29. The molecule has 0 aliphatic carbocycles. The number of carbonyl (C=O) groups is 2. The van der Waals surface area contributed by atoms with E-state index in [1.807, 2.05) is 0 Å². The molecule has 0 aliphatic heterocycles. The number of carboxylic acids is 1. The maximum absolute atomic E-state index is 10.5. The summed E-state index contributed by atoms with van der Waals surface area (Å²) >= 11 is 0. The topological polar surface area (TPSA) is 63.6 Å². The first-order valence-corrected chi connectivity index (χ1v) is 3.24. The molecule has 4 heteroatoms. The van der Waals surface area contributed by atoms with Crippen LogP contribution in [0.25, 0.3) is 0 Å². The third kappa shape index (κ3) is 4.27. The molecule has 0 aromatic rings. The van der Waals surface area contributed by atoms with Gasteiger partial charge < -0.3 is 9.84 Å². The molecule has 0 heterocycles. The van der Waals surface area contributed by atoms with Crippen LogP contribution in [-0.2, 0) is 14.3 Å². The van der Waals surface area contributed by atoms with Gasteiger partial charge in [0.05, 0.1) is 7.11 Å². The monoisotopic (exact) mass is 170 g/mol. The zero-order valence-corrected chi connectivity index (χ0v) is 6.90. The van der Waals surface area contributed by atoms with E-state index in [1.54, 1.807) is 0 Å². The van der Waals surface area contributed by atoms with Crippen molar-refractivity contribution in [2.45, 2.75) is 6.92 Å². The lowest BCUT2D eigenvalue weighted by Crippen LogP contribution is -1.96. The van der Waals surface area contributed by atoms with Gasteiger partial charge in [0.25, 0.3) is 0 Å². The van der Waals surface area contributed by atoms with E-state index in [0.717, 1.165) is 6.08 Å². The molecule has 0 atom stereocenters. The SMILES string of the molecule is COC(=O)/C=C/C=C(\C)C(=O)O. The zero-order valence-electron chi connectivity index (χ0n) is 6.90. The Balaban J connectivity index is 4.12. The first-order chi connectivity index (χ1) is 5.57. The second-order valence-corrected chi connectivity index (χ2v) is 2.04. The molecule has 0 saturated carbocycles.